The summed E-state index contributed by atoms with van der Waals surface area (Å²) in [6, 6.07) is 16.5. The normalized spacial score (nSPS) is 11.2. The van der Waals surface area contributed by atoms with Crippen LogP contribution in [0.3, 0.4) is 0 Å². The SMILES string of the molecule is COc1ccc(CNc2ccc(C(=O)NCCCN(C)C)c3[nH]c4c(N)cccc4c(=O)c23)cc1. The summed E-state index contributed by atoms with van der Waals surface area (Å²) in [7, 11) is 5.61. The lowest BCUT2D eigenvalue weighted by atomic mass is 10.0. The fraction of sp³-hybridized carbons (Fsp3) is 0.259. The Morgan fingerprint density at radius 3 is 2.54 bits per heavy atom. The molecule has 4 rings (SSSR count). The summed E-state index contributed by atoms with van der Waals surface area (Å²) in [4.78, 5) is 32.0. The summed E-state index contributed by atoms with van der Waals surface area (Å²) in [6.07, 6.45) is 0.824. The first-order valence-electron chi connectivity index (χ1n) is 11.6. The molecule has 4 aromatic rings. The molecule has 0 aliphatic heterocycles. The fourth-order valence-electron chi connectivity index (χ4n) is 4.10. The number of nitrogens with one attached hydrogen (secondary N) is 3. The number of aromatic amines is 1. The van der Waals surface area contributed by atoms with E-state index in [0.29, 0.717) is 51.8 Å². The van der Waals surface area contributed by atoms with Crippen molar-refractivity contribution in [1.29, 1.82) is 0 Å². The standard InChI is InChI=1S/C27H31N5O3/c1-32(2)15-5-14-29-27(34)20-12-13-22(30-16-17-8-10-18(35-3)11-9-17)23-25(20)31-24-19(26(23)33)6-4-7-21(24)28/h4,6-13,30H,5,14-16,28H2,1-3H3,(H,29,34)(H,31,33). The number of carbonyl (C=O) groups is 1. The average molecular weight is 474 g/mol. The van der Waals surface area contributed by atoms with Gasteiger partial charge in [0.05, 0.1) is 34.8 Å². The number of methoxy groups -OCH3 is 1. The van der Waals surface area contributed by atoms with Crippen LogP contribution in [0.25, 0.3) is 21.8 Å². The number of nitrogen functional groups attached to an aromatic ring is 1. The Hall–Kier alpha value is -4.04. The van der Waals surface area contributed by atoms with Crippen LogP contribution in [0, 0.1) is 0 Å². The number of fused-ring (bicyclic) bond motifs is 2. The molecule has 0 radical (unpaired) electrons. The number of hydrogen-bond acceptors (Lipinski definition) is 6. The van der Waals surface area contributed by atoms with Gasteiger partial charge in [-0.15, -0.1) is 0 Å². The van der Waals surface area contributed by atoms with Crippen LogP contribution in [0.2, 0.25) is 0 Å². The van der Waals surface area contributed by atoms with Gasteiger partial charge in [-0.3, -0.25) is 9.59 Å². The monoisotopic (exact) mass is 473 g/mol. The van der Waals surface area contributed by atoms with E-state index in [-0.39, 0.29) is 11.3 Å². The van der Waals surface area contributed by atoms with Crippen LogP contribution in [-0.4, -0.2) is 50.1 Å². The van der Waals surface area contributed by atoms with Crippen LogP contribution in [0.4, 0.5) is 11.4 Å². The van der Waals surface area contributed by atoms with Crippen molar-refractivity contribution in [3.63, 3.8) is 0 Å². The molecule has 1 amide bonds. The van der Waals surface area contributed by atoms with E-state index in [1.807, 2.05) is 38.4 Å². The molecule has 0 atom stereocenters. The first kappa shape index (κ1) is 24.1. The van der Waals surface area contributed by atoms with Crippen LogP contribution < -0.4 is 26.5 Å². The van der Waals surface area contributed by atoms with Crippen molar-refractivity contribution in [1.82, 2.24) is 15.2 Å². The third-order valence-corrected chi connectivity index (χ3v) is 5.98. The molecule has 0 spiro atoms. The molecule has 1 heterocycles. The molecule has 0 unspecified atom stereocenters. The lowest BCUT2D eigenvalue weighted by molar-refractivity contribution is 0.0954. The highest BCUT2D eigenvalue weighted by molar-refractivity contribution is 6.12. The molecule has 182 valence electrons. The van der Waals surface area contributed by atoms with Gasteiger partial charge < -0.3 is 31.0 Å². The minimum absolute atomic E-state index is 0.180. The number of benzene rings is 3. The Labute approximate surface area is 204 Å². The van der Waals surface area contributed by atoms with Crippen molar-refractivity contribution >= 4 is 39.1 Å². The number of nitrogens with zero attached hydrogens (tertiary/aromatic N) is 1. The molecule has 0 bridgehead atoms. The summed E-state index contributed by atoms with van der Waals surface area (Å²) in [5, 5.41) is 7.24. The lowest BCUT2D eigenvalue weighted by Gasteiger charge is -2.15. The fourth-order valence-corrected chi connectivity index (χ4v) is 4.10. The summed E-state index contributed by atoms with van der Waals surface area (Å²) in [5.74, 6) is 0.542. The van der Waals surface area contributed by atoms with E-state index >= 15 is 0 Å². The molecule has 8 nitrogen and oxygen atoms in total. The van der Waals surface area contributed by atoms with Crippen molar-refractivity contribution in [3.05, 3.63) is 75.9 Å². The molecule has 5 N–H and O–H groups in total. The van der Waals surface area contributed by atoms with Crippen LogP contribution >= 0.6 is 0 Å². The van der Waals surface area contributed by atoms with Crippen LogP contribution in [0.1, 0.15) is 22.3 Å². The number of carbonyl (C=O) groups excluding carboxylic acids is 1. The number of ether oxygens (including phenoxy) is 1. The Morgan fingerprint density at radius 1 is 1.06 bits per heavy atom. The number of rotatable bonds is 9. The second-order valence-electron chi connectivity index (χ2n) is 8.75. The van der Waals surface area contributed by atoms with Crippen molar-refractivity contribution in [2.45, 2.75) is 13.0 Å². The van der Waals surface area contributed by atoms with E-state index in [1.165, 1.54) is 0 Å². The zero-order valence-electron chi connectivity index (χ0n) is 20.3. The second kappa shape index (κ2) is 10.5. The number of anilines is 2. The molecule has 35 heavy (non-hydrogen) atoms. The summed E-state index contributed by atoms with van der Waals surface area (Å²) < 4.78 is 5.22. The number of aromatic nitrogens is 1. The number of para-hydroxylation sites is 1. The number of hydrogen-bond donors (Lipinski definition) is 4. The van der Waals surface area contributed by atoms with Gasteiger partial charge in [0.2, 0.25) is 0 Å². The Morgan fingerprint density at radius 2 is 1.83 bits per heavy atom. The quantitative estimate of drug-likeness (QED) is 0.168. The maximum Gasteiger partial charge on any atom is 0.253 e. The zero-order valence-corrected chi connectivity index (χ0v) is 20.3. The predicted molar refractivity (Wildman–Crippen MR) is 142 cm³/mol. The molecule has 0 aliphatic carbocycles. The van der Waals surface area contributed by atoms with E-state index in [0.717, 1.165) is 24.3 Å². The van der Waals surface area contributed by atoms with Crippen LogP contribution in [0.15, 0.2) is 59.4 Å². The molecule has 0 fully saturated rings. The highest BCUT2D eigenvalue weighted by Crippen LogP contribution is 2.28. The van der Waals surface area contributed by atoms with Crippen molar-refractivity contribution in [3.8, 4) is 5.75 Å². The number of pyridine rings is 1. The molecular formula is C27H31N5O3. The van der Waals surface area contributed by atoms with E-state index in [4.69, 9.17) is 10.5 Å². The van der Waals surface area contributed by atoms with Gasteiger partial charge in [-0.25, -0.2) is 0 Å². The molecule has 0 aliphatic rings. The third kappa shape index (κ3) is 5.22. The van der Waals surface area contributed by atoms with Gasteiger partial charge in [0.1, 0.15) is 5.75 Å². The van der Waals surface area contributed by atoms with Crippen molar-refractivity contribution in [2.24, 2.45) is 0 Å². The van der Waals surface area contributed by atoms with E-state index < -0.39 is 0 Å². The third-order valence-electron chi connectivity index (χ3n) is 5.98. The van der Waals surface area contributed by atoms with E-state index in [9.17, 15) is 9.59 Å². The van der Waals surface area contributed by atoms with Gasteiger partial charge >= 0.3 is 0 Å². The van der Waals surface area contributed by atoms with Crippen LogP contribution in [-0.2, 0) is 6.54 Å². The van der Waals surface area contributed by atoms with Gasteiger partial charge in [0, 0.05) is 24.2 Å². The highest BCUT2D eigenvalue weighted by atomic mass is 16.5. The topological polar surface area (TPSA) is 112 Å². The van der Waals surface area contributed by atoms with E-state index in [1.54, 1.807) is 37.4 Å². The molecular weight excluding hydrogens is 442 g/mol. The van der Waals surface area contributed by atoms with Crippen LogP contribution in [0.5, 0.6) is 5.75 Å². The van der Waals surface area contributed by atoms with Gasteiger partial charge in [-0.05, 0) is 69.0 Å². The highest BCUT2D eigenvalue weighted by Gasteiger charge is 2.18. The molecule has 1 aromatic heterocycles. The molecule has 3 aromatic carbocycles. The van der Waals surface area contributed by atoms with Crippen molar-refractivity contribution < 1.29 is 9.53 Å². The summed E-state index contributed by atoms with van der Waals surface area (Å²) in [5.41, 5.74) is 9.51. The molecule has 0 saturated heterocycles. The first-order valence-corrected chi connectivity index (χ1v) is 11.6. The zero-order chi connectivity index (χ0) is 24.9. The maximum absolute atomic E-state index is 13.6. The molecule has 8 heteroatoms. The summed E-state index contributed by atoms with van der Waals surface area (Å²) >= 11 is 0. The van der Waals surface area contributed by atoms with Gasteiger partial charge in [0.25, 0.3) is 5.91 Å². The lowest BCUT2D eigenvalue weighted by Crippen LogP contribution is -2.27. The Balaban J connectivity index is 1.74. The predicted octanol–water partition coefficient (Wildman–Crippen LogP) is 3.57. The smallest absolute Gasteiger partial charge is 0.253 e. The Bertz CT molecular complexity index is 1410. The van der Waals surface area contributed by atoms with Gasteiger partial charge in [-0.2, -0.15) is 0 Å². The largest absolute Gasteiger partial charge is 0.497 e. The number of H-pyrrole nitrogens is 1. The van der Waals surface area contributed by atoms with Gasteiger partial charge in [0.15, 0.2) is 5.43 Å². The van der Waals surface area contributed by atoms with E-state index in [2.05, 4.69) is 20.5 Å². The van der Waals surface area contributed by atoms with Crippen molar-refractivity contribution in [2.75, 3.05) is 45.3 Å². The van der Waals surface area contributed by atoms with Gasteiger partial charge in [-0.1, -0.05) is 18.2 Å². The average Bonchev–Trinajstić information content (AvgIpc) is 2.86. The first-order chi connectivity index (χ1) is 16.9. The number of nitrogens with two attached hydrogens (primary N) is 1. The minimum Gasteiger partial charge on any atom is -0.497 e. The second-order valence-corrected chi connectivity index (χ2v) is 8.75. The molecule has 0 saturated carbocycles. The summed E-state index contributed by atoms with van der Waals surface area (Å²) in [6.45, 7) is 1.91. The Kier molecular flexibility index (Phi) is 7.22. The minimum atomic E-state index is -0.236. The number of amides is 1. The maximum atomic E-state index is 13.6.